The number of pyridine rings is 1. The molecule has 2 heterocycles. The number of amidine groups is 1. The van der Waals surface area contributed by atoms with Crippen LogP contribution in [-0.2, 0) is 12.0 Å². The van der Waals surface area contributed by atoms with Gasteiger partial charge < -0.3 is 30.1 Å². The first-order chi connectivity index (χ1) is 17.5. The lowest BCUT2D eigenvalue weighted by Gasteiger charge is -2.26. The van der Waals surface area contributed by atoms with Crippen LogP contribution in [0.3, 0.4) is 0 Å². The average Bonchev–Trinajstić information content (AvgIpc) is 3.16. The lowest BCUT2D eigenvalue weighted by Crippen LogP contribution is -2.31. The highest BCUT2D eigenvalue weighted by Crippen LogP contribution is 2.38. The Hall–Kier alpha value is -3.18. The van der Waals surface area contributed by atoms with E-state index in [4.69, 9.17) is 14.9 Å². The number of ether oxygens (including phenoxy) is 2. The fourth-order valence-electron chi connectivity index (χ4n) is 4.24. The van der Waals surface area contributed by atoms with Crippen molar-refractivity contribution in [2.24, 2.45) is 0 Å². The van der Waals surface area contributed by atoms with E-state index >= 15 is 0 Å². The van der Waals surface area contributed by atoms with Gasteiger partial charge in [-0.25, -0.2) is 4.98 Å². The van der Waals surface area contributed by atoms with Gasteiger partial charge in [0.1, 0.15) is 17.3 Å². The van der Waals surface area contributed by atoms with Crippen molar-refractivity contribution in [2.75, 3.05) is 45.8 Å². The average molecular weight is 593 g/mol. The van der Waals surface area contributed by atoms with Gasteiger partial charge in [-0.1, -0.05) is 20.8 Å². The number of halogens is 1. The molecule has 1 amide bonds. The van der Waals surface area contributed by atoms with Crippen molar-refractivity contribution in [3.8, 4) is 11.5 Å². The highest BCUT2D eigenvalue weighted by Gasteiger charge is 2.31. The maximum absolute atomic E-state index is 13.5. The van der Waals surface area contributed by atoms with Gasteiger partial charge in [-0.2, -0.15) is 0 Å². The minimum absolute atomic E-state index is 0. The maximum Gasteiger partial charge on any atom is 0.273 e. The normalized spacial score (nSPS) is 12.5. The summed E-state index contributed by atoms with van der Waals surface area (Å²) in [6, 6.07) is 5.33. The standard InChI is InChI=1S/C27H37N5O5.BrH/c1-7-37-21-13-17-14-32(25(28)22(17)31-23(21)26(35)29-5)15-20(34)16-11-18(27(2,3)4)24(36-6)19(12-16)30-9-8-10-33;/h11-13,28,30,33H,7-10,14-15H2,1-6H3,(H,29,35);1H. The van der Waals surface area contributed by atoms with Crippen molar-refractivity contribution in [3.05, 3.63) is 46.3 Å². The van der Waals surface area contributed by atoms with Crippen LogP contribution in [0.5, 0.6) is 11.5 Å². The monoisotopic (exact) mass is 591 g/mol. The molecule has 0 saturated carbocycles. The van der Waals surface area contributed by atoms with Gasteiger partial charge in [0.2, 0.25) is 0 Å². The molecule has 0 unspecified atom stereocenters. The zero-order valence-corrected chi connectivity index (χ0v) is 24.6. The number of hydrogen-bond acceptors (Lipinski definition) is 8. The summed E-state index contributed by atoms with van der Waals surface area (Å²) in [5.74, 6) is 0.542. The number of carbonyl (C=O) groups is 2. The molecule has 0 fully saturated rings. The smallest absolute Gasteiger partial charge is 0.273 e. The third kappa shape index (κ3) is 6.63. The van der Waals surface area contributed by atoms with Crippen LogP contribution in [-0.4, -0.2) is 73.0 Å². The van der Waals surface area contributed by atoms with Gasteiger partial charge in [0.15, 0.2) is 17.2 Å². The van der Waals surface area contributed by atoms with E-state index < -0.39 is 5.91 Å². The molecule has 1 aliphatic rings. The first-order valence-corrected chi connectivity index (χ1v) is 12.4. The van der Waals surface area contributed by atoms with Gasteiger partial charge in [-0.3, -0.25) is 15.0 Å². The lowest BCUT2D eigenvalue weighted by atomic mass is 9.84. The second-order valence-corrected chi connectivity index (χ2v) is 9.84. The number of nitrogens with zero attached hydrogens (tertiary/aromatic N) is 2. The Balaban J connectivity index is 0.00000507. The van der Waals surface area contributed by atoms with E-state index in [1.54, 1.807) is 24.1 Å². The zero-order valence-electron chi connectivity index (χ0n) is 22.9. The lowest BCUT2D eigenvalue weighted by molar-refractivity contribution is 0.0949. The minimum atomic E-state index is -0.400. The van der Waals surface area contributed by atoms with Crippen LogP contribution in [0.4, 0.5) is 5.69 Å². The fourth-order valence-corrected chi connectivity index (χ4v) is 4.24. The highest BCUT2D eigenvalue weighted by atomic mass is 79.9. The summed E-state index contributed by atoms with van der Waals surface area (Å²) >= 11 is 0. The largest absolute Gasteiger partial charge is 0.494 e. The molecule has 0 aliphatic carbocycles. The highest BCUT2D eigenvalue weighted by molar-refractivity contribution is 8.93. The molecule has 0 saturated heterocycles. The fraction of sp³-hybridized carbons (Fsp3) is 0.481. The van der Waals surface area contributed by atoms with Gasteiger partial charge in [-0.05, 0) is 37.0 Å². The summed E-state index contributed by atoms with van der Waals surface area (Å²) in [5, 5.41) is 23.7. The van der Waals surface area contributed by atoms with Crippen molar-refractivity contribution in [2.45, 2.75) is 46.1 Å². The number of nitrogens with one attached hydrogen (secondary N) is 3. The molecular weight excluding hydrogens is 554 g/mol. The Morgan fingerprint density at radius 3 is 2.53 bits per heavy atom. The zero-order chi connectivity index (χ0) is 27.3. The number of amides is 1. The Morgan fingerprint density at radius 2 is 1.95 bits per heavy atom. The third-order valence-corrected chi connectivity index (χ3v) is 6.12. The predicted molar refractivity (Wildman–Crippen MR) is 153 cm³/mol. The van der Waals surface area contributed by atoms with Crippen molar-refractivity contribution in [1.29, 1.82) is 5.41 Å². The molecule has 0 atom stereocenters. The number of fused-ring (bicyclic) bond motifs is 1. The number of ketones is 1. The number of hydrogen-bond donors (Lipinski definition) is 4. The second-order valence-electron chi connectivity index (χ2n) is 9.84. The van der Waals surface area contributed by atoms with E-state index in [1.807, 2.05) is 13.0 Å². The summed E-state index contributed by atoms with van der Waals surface area (Å²) in [4.78, 5) is 31.9. The number of aliphatic hydroxyl groups is 1. The summed E-state index contributed by atoms with van der Waals surface area (Å²) < 4.78 is 11.3. The van der Waals surface area contributed by atoms with Crippen LogP contribution >= 0.6 is 17.0 Å². The van der Waals surface area contributed by atoms with Crippen molar-refractivity contribution in [1.82, 2.24) is 15.2 Å². The maximum atomic E-state index is 13.5. The number of methoxy groups -OCH3 is 1. The number of aromatic nitrogens is 1. The molecule has 1 aliphatic heterocycles. The van der Waals surface area contributed by atoms with Crippen LogP contribution in [0.15, 0.2) is 18.2 Å². The second kappa shape index (κ2) is 13.1. The van der Waals surface area contributed by atoms with E-state index in [-0.39, 0.29) is 52.9 Å². The van der Waals surface area contributed by atoms with Crippen molar-refractivity contribution >= 4 is 40.2 Å². The van der Waals surface area contributed by atoms with E-state index in [0.717, 1.165) is 11.1 Å². The molecule has 0 bridgehead atoms. The third-order valence-electron chi connectivity index (χ3n) is 6.12. The first kappa shape index (κ1) is 31.0. The molecule has 0 spiro atoms. The first-order valence-electron chi connectivity index (χ1n) is 12.4. The number of carbonyl (C=O) groups excluding carboxylic acids is 2. The Bertz CT molecular complexity index is 1200. The molecule has 11 heteroatoms. The Morgan fingerprint density at radius 1 is 1.24 bits per heavy atom. The van der Waals surface area contributed by atoms with Gasteiger partial charge in [0.25, 0.3) is 5.91 Å². The minimum Gasteiger partial charge on any atom is -0.494 e. The summed E-state index contributed by atoms with van der Waals surface area (Å²) in [7, 11) is 3.11. The SMILES string of the molecule is Br.CCOc1cc2c(nc1C(=O)NC)C(=N)N(CC(=O)c1cc(NCCCO)c(OC)c(C(C)(C)C)c1)C2. The Kier molecular flexibility index (Phi) is 10.7. The van der Waals surface area contributed by atoms with Crippen LogP contribution in [0.25, 0.3) is 0 Å². The molecule has 1 aromatic heterocycles. The quantitative estimate of drug-likeness (QED) is 0.230. The van der Waals surface area contributed by atoms with Gasteiger partial charge in [0.05, 0.1) is 25.9 Å². The van der Waals surface area contributed by atoms with Crippen LogP contribution in [0, 0.1) is 5.41 Å². The van der Waals surface area contributed by atoms with Gasteiger partial charge >= 0.3 is 0 Å². The van der Waals surface area contributed by atoms with Crippen molar-refractivity contribution in [3.63, 3.8) is 0 Å². The number of benzene rings is 1. The molecule has 0 radical (unpaired) electrons. The molecule has 2 aromatic rings. The molecular formula is C27H38BrN5O5. The summed E-state index contributed by atoms with van der Waals surface area (Å²) in [5.41, 5.74) is 2.98. The van der Waals surface area contributed by atoms with Gasteiger partial charge in [-0.15, -0.1) is 17.0 Å². The summed E-state index contributed by atoms with van der Waals surface area (Å²) in [6.07, 6.45) is 0.560. The summed E-state index contributed by atoms with van der Waals surface area (Å²) in [6.45, 7) is 9.21. The number of Topliss-reactive ketones (excluding diaryl/α,β-unsaturated/α-hetero) is 1. The topological polar surface area (TPSA) is 137 Å². The van der Waals surface area contributed by atoms with E-state index in [1.165, 1.54) is 7.05 Å². The predicted octanol–water partition coefficient (Wildman–Crippen LogP) is 3.54. The van der Waals surface area contributed by atoms with E-state index in [0.29, 0.717) is 54.6 Å². The molecule has 10 nitrogen and oxygen atoms in total. The van der Waals surface area contributed by atoms with Crippen LogP contribution < -0.4 is 20.1 Å². The van der Waals surface area contributed by atoms with Crippen LogP contribution in [0.1, 0.15) is 71.8 Å². The molecule has 1 aromatic carbocycles. The molecule has 208 valence electrons. The van der Waals surface area contributed by atoms with E-state index in [9.17, 15) is 14.7 Å². The number of aliphatic hydroxyl groups excluding tert-OH is 1. The molecule has 3 rings (SSSR count). The Labute approximate surface area is 234 Å². The number of rotatable bonds is 11. The van der Waals surface area contributed by atoms with E-state index in [2.05, 4.69) is 36.4 Å². The number of anilines is 1. The molecule has 38 heavy (non-hydrogen) atoms. The molecule has 4 N–H and O–H groups in total. The van der Waals surface area contributed by atoms with Gasteiger partial charge in [0, 0.05) is 43.4 Å². The van der Waals surface area contributed by atoms with Crippen LogP contribution in [0.2, 0.25) is 0 Å². The van der Waals surface area contributed by atoms with Crippen molar-refractivity contribution < 1.29 is 24.2 Å².